The van der Waals surface area contributed by atoms with Crippen molar-refractivity contribution in [1.82, 2.24) is 0 Å². The molecule has 1 rings (SSSR count). The highest BCUT2D eigenvalue weighted by Crippen LogP contribution is 2.13. The van der Waals surface area contributed by atoms with E-state index in [1.54, 1.807) is 6.07 Å². The molecule has 0 aliphatic heterocycles. The van der Waals surface area contributed by atoms with Crippen molar-refractivity contribution < 1.29 is 5.11 Å². The van der Waals surface area contributed by atoms with Crippen molar-refractivity contribution in [3.63, 3.8) is 0 Å². The highest BCUT2D eigenvalue weighted by molar-refractivity contribution is 6.08. The molecule has 1 N–H and O–H groups in total. The monoisotopic (exact) mass is 138 g/mol. The Morgan fingerprint density at radius 3 is 2.44 bits per heavy atom. The molecular formula is C7H10OSi. The number of rotatable bonds is 1. The van der Waals surface area contributed by atoms with Gasteiger partial charge in [0, 0.05) is 10.2 Å². The van der Waals surface area contributed by atoms with Crippen molar-refractivity contribution in [2.45, 2.75) is 6.04 Å². The predicted octanol–water partition coefficient (Wildman–Crippen LogP) is 0.258. The summed E-state index contributed by atoms with van der Waals surface area (Å²) >= 11 is 0. The summed E-state index contributed by atoms with van der Waals surface area (Å²) < 4.78 is 0. The highest BCUT2D eigenvalue weighted by atomic mass is 28.1. The number of benzene rings is 1. The Morgan fingerprint density at radius 2 is 2.00 bits per heavy atom. The molecule has 0 amide bonds. The third kappa shape index (κ3) is 1.33. The number of phenolic OH excluding ortho intramolecular Hbond substituents is 1. The molecule has 0 spiro atoms. The smallest absolute Gasteiger partial charge is 0.118 e. The molecule has 2 heteroatoms. The standard InChI is InChI=1S/C7H10OSi/c8-7-4-2-1-3-6(7)5-9/h1-4,8H,5H2,9H3. The van der Waals surface area contributed by atoms with Crippen LogP contribution >= 0.6 is 0 Å². The Bertz CT molecular complexity index is 198. The van der Waals surface area contributed by atoms with Crippen LogP contribution in [0.2, 0.25) is 0 Å². The first-order valence-electron chi connectivity index (χ1n) is 3.11. The Kier molecular flexibility index (Phi) is 1.90. The van der Waals surface area contributed by atoms with Crippen LogP contribution in [0.4, 0.5) is 0 Å². The van der Waals surface area contributed by atoms with Gasteiger partial charge in [-0.15, -0.1) is 0 Å². The van der Waals surface area contributed by atoms with Gasteiger partial charge in [0.1, 0.15) is 5.75 Å². The van der Waals surface area contributed by atoms with E-state index in [4.69, 9.17) is 5.11 Å². The molecule has 0 bridgehead atoms. The SMILES string of the molecule is Oc1ccccc1C[SiH3]. The van der Waals surface area contributed by atoms with Gasteiger partial charge in [0.25, 0.3) is 0 Å². The molecule has 0 radical (unpaired) electrons. The normalized spacial score (nSPS) is 9.78. The fraction of sp³-hybridized carbons (Fsp3) is 0.143. The minimum atomic E-state index is 0.438. The maximum Gasteiger partial charge on any atom is 0.118 e. The topological polar surface area (TPSA) is 20.2 Å². The van der Waals surface area contributed by atoms with Gasteiger partial charge in [-0.2, -0.15) is 0 Å². The first-order chi connectivity index (χ1) is 4.34. The Labute approximate surface area is 57.8 Å². The van der Waals surface area contributed by atoms with Crippen LogP contribution < -0.4 is 0 Å². The molecule has 0 unspecified atom stereocenters. The second-order valence-electron chi connectivity index (χ2n) is 1.98. The second kappa shape index (κ2) is 2.69. The minimum absolute atomic E-state index is 0.438. The lowest BCUT2D eigenvalue weighted by molar-refractivity contribution is 0.470. The lowest BCUT2D eigenvalue weighted by Crippen LogP contribution is -1.81. The summed E-state index contributed by atoms with van der Waals surface area (Å²) in [6.45, 7) is 0. The van der Waals surface area contributed by atoms with Crippen molar-refractivity contribution in [2.24, 2.45) is 0 Å². The van der Waals surface area contributed by atoms with Gasteiger partial charge in [-0.1, -0.05) is 18.2 Å². The number of hydrogen-bond acceptors (Lipinski definition) is 1. The van der Waals surface area contributed by atoms with Gasteiger partial charge in [0.2, 0.25) is 0 Å². The molecule has 0 saturated heterocycles. The van der Waals surface area contributed by atoms with Gasteiger partial charge < -0.3 is 5.11 Å². The summed E-state index contributed by atoms with van der Waals surface area (Å²) in [7, 11) is 1.12. The van der Waals surface area contributed by atoms with Gasteiger partial charge in [-0.25, -0.2) is 0 Å². The molecule has 1 aromatic carbocycles. The van der Waals surface area contributed by atoms with E-state index >= 15 is 0 Å². The van der Waals surface area contributed by atoms with Gasteiger partial charge in [0.05, 0.1) is 0 Å². The fourth-order valence-electron chi connectivity index (χ4n) is 0.810. The van der Waals surface area contributed by atoms with Crippen molar-refractivity contribution in [2.75, 3.05) is 0 Å². The fourth-order valence-corrected chi connectivity index (χ4v) is 1.41. The molecule has 0 heterocycles. The molecule has 1 nitrogen and oxygen atoms in total. The molecular weight excluding hydrogens is 128 g/mol. The van der Waals surface area contributed by atoms with Gasteiger partial charge in [-0.3, -0.25) is 0 Å². The molecule has 0 aliphatic rings. The molecule has 0 saturated carbocycles. The van der Waals surface area contributed by atoms with E-state index in [1.165, 1.54) is 0 Å². The van der Waals surface area contributed by atoms with Crippen LogP contribution in [0.5, 0.6) is 5.75 Å². The summed E-state index contributed by atoms with van der Waals surface area (Å²) in [5, 5.41) is 9.13. The van der Waals surface area contributed by atoms with Crippen LogP contribution in [0.3, 0.4) is 0 Å². The zero-order valence-electron chi connectivity index (χ0n) is 5.46. The zero-order valence-corrected chi connectivity index (χ0v) is 7.46. The Hall–Kier alpha value is -0.763. The van der Waals surface area contributed by atoms with Crippen LogP contribution in [0.1, 0.15) is 5.56 Å². The third-order valence-corrected chi connectivity index (χ3v) is 2.13. The lowest BCUT2D eigenvalue weighted by atomic mass is 10.2. The van der Waals surface area contributed by atoms with Crippen molar-refractivity contribution in [3.8, 4) is 5.75 Å². The molecule has 0 aliphatic carbocycles. The van der Waals surface area contributed by atoms with E-state index in [-0.39, 0.29) is 0 Å². The summed E-state index contributed by atoms with van der Waals surface area (Å²) in [5.74, 6) is 0.438. The van der Waals surface area contributed by atoms with Crippen LogP contribution in [-0.4, -0.2) is 15.3 Å². The molecule has 0 fully saturated rings. The summed E-state index contributed by atoms with van der Waals surface area (Å²) in [6, 6.07) is 8.52. The second-order valence-corrected chi connectivity index (χ2v) is 2.69. The maximum atomic E-state index is 9.13. The van der Waals surface area contributed by atoms with Gasteiger partial charge in [0.15, 0.2) is 0 Å². The first-order valence-corrected chi connectivity index (χ1v) is 4.53. The van der Waals surface area contributed by atoms with Crippen LogP contribution in [0.15, 0.2) is 24.3 Å². The van der Waals surface area contributed by atoms with Crippen LogP contribution in [-0.2, 0) is 6.04 Å². The quantitative estimate of drug-likeness (QED) is 0.552. The number of aromatic hydroxyl groups is 1. The highest BCUT2D eigenvalue weighted by Gasteiger charge is 1.92. The lowest BCUT2D eigenvalue weighted by Gasteiger charge is -1.97. The predicted molar refractivity (Wildman–Crippen MR) is 41.7 cm³/mol. The van der Waals surface area contributed by atoms with E-state index < -0.39 is 0 Å². The maximum absolute atomic E-state index is 9.13. The average molecular weight is 138 g/mol. The minimum Gasteiger partial charge on any atom is -0.508 e. The third-order valence-electron chi connectivity index (χ3n) is 1.37. The largest absolute Gasteiger partial charge is 0.508 e. The molecule has 9 heavy (non-hydrogen) atoms. The first kappa shape index (κ1) is 6.36. The number of hydrogen-bond donors (Lipinski definition) is 1. The van der Waals surface area contributed by atoms with Crippen molar-refractivity contribution in [1.29, 1.82) is 0 Å². The van der Waals surface area contributed by atoms with Gasteiger partial charge in [-0.05, 0) is 17.7 Å². The van der Waals surface area contributed by atoms with Crippen LogP contribution in [0.25, 0.3) is 0 Å². The summed E-state index contributed by atoms with van der Waals surface area (Å²) in [5.41, 5.74) is 1.07. The van der Waals surface area contributed by atoms with E-state index in [0.29, 0.717) is 5.75 Å². The summed E-state index contributed by atoms with van der Waals surface area (Å²) in [4.78, 5) is 0. The Balaban J connectivity index is 3.01. The van der Waals surface area contributed by atoms with E-state index in [0.717, 1.165) is 21.9 Å². The van der Waals surface area contributed by atoms with Crippen molar-refractivity contribution >= 4 is 10.2 Å². The number of para-hydroxylation sites is 1. The molecule has 48 valence electrons. The van der Waals surface area contributed by atoms with E-state index in [1.807, 2.05) is 18.2 Å². The molecule has 1 aromatic rings. The van der Waals surface area contributed by atoms with Crippen molar-refractivity contribution in [3.05, 3.63) is 29.8 Å². The van der Waals surface area contributed by atoms with E-state index in [2.05, 4.69) is 0 Å². The summed E-state index contributed by atoms with van der Waals surface area (Å²) in [6.07, 6.45) is 0. The van der Waals surface area contributed by atoms with Gasteiger partial charge >= 0.3 is 0 Å². The van der Waals surface area contributed by atoms with Crippen LogP contribution in [0, 0.1) is 0 Å². The number of phenols is 1. The Morgan fingerprint density at radius 1 is 1.33 bits per heavy atom. The average Bonchev–Trinajstić information content (AvgIpc) is 1.89. The zero-order chi connectivity index (χ0) is 6.69. The van der Waals surface area contributed by atoms with E-state index in [9.17, 15) is 0 Å². The molecule has 0 aromatic heterocycles. The molecule has 0 atom stereocenters.